The van der Waals surface area contributed by atoms with Gasteiger partial charge in [-0.05, 0) is 25.1 Å². The molecule has 0 aliphatic rings. The molecule has 0 aromatic carbocycles. The van der Waals surface area contributed by atoms with Crippen LogP contribution in [0.1, 0.15) is 18.5 Å². The number of nitrogens with one attached hydrogen (secondary N) is 1. The number of nitriles is 1. The molecule has 68 valence electrons. The van der Waals surface area contributed by atoms with E-state index in [0.29, 0.717) is 6.42 Å². The van der Waals surface area contributed by atoms with Crippen LogP contribution in [-0.2, 0) is 6.54 Å². The van der Waals surface area contributed by atoms with Gasteiger partial charge in [-0.1, -0.05) is 6.07 Å². The van der Waals surface area contributed by atoms with Gasteiger partial charge in [0.1, 0.15) is 0 Å². The van der Waals surface area contributed by atoms with Crippen LogP contribution in [0.3, 0.4) is 0 Å². The maximum Gasteiger partial charge on any atom is 0.0622 e. The van der Waals surface area contributed by atoms with Gasteiger partial charge in [0, 0.05) is 19.2 Å². The summed E-state index contributed by atoms with van der Waals surface area (Å²) in [5.74, 6) is 0. The first kappa shape index (κ1) is 9.69. The predicted octanol–water partition coefficient (Wildman–Crippen LogP) is 1.47. The Morgan fingerprint density at radius 1 is 1.46 bits per heavy atom. The zero-order chi connectivity index (χ0) is 9.36. The van der Waals surface area contributed by atoms with Crippen LogP contribution in [0, 0.1) is 11.3 Å². The fourth-order valence-corrected chi connectivity index (χ4v) is 1.01. The average molecular weight is 175 g/mol. The number of unbranched alkanes of at least 4 members (excludes halogenated alkanes) is 1. The average Bonchev–Trinajstić information content (AvgIpc) is 2.19. The van der Waals surface area contributed by atoms with Crippen molar-refractivity contribution >= 4 is 0 Å². The maximum absolute atomic E-state index is 8.29. The Hall–Kier alpha value is -1.40. The molecule has 0 aliphatic carbocycles. The van der Waals surface area contributed by atoms with Crippen LogP contribution in [0.5, 0.6) is 0 Å². The molecule has 1 aromatic rings. The molecule has 0 bridgehead atoms. The fraction of sp³-hybridized carbons (Fsp3) is 0.400. The molecule has 3 heteroatoms. The Balaban J connectivity index is 2.11. The Morgan fingerprint density at radius 2 is 2.38 bits per heavy atom. The van der Waals surface area contributed by atoms with Crippen LogP contribution in [0.25, 0.3) is 0 Å². The molecule has 0 saturated carbocycles. The second kappa shape index (κ2) is 6.15. The molecule has 3 nitrogen and oxygen atoms in total. The molecule has 0 unspecified atom stereocenters. The molecule has 0 radical (unpaired) electrons. The van der Waals surface area contributed by atoms with Crippen LogP contribution in [0.2, 0.25) is 0 Å². The summed E-state index contributed by atoms with van der Waals surface area (Å²) in [6.45, 7) is 1.66. The van der Waals surface area contributed by atoms with Gasteiger partial charge in [0.2, 0.25) is 0 Å². The van der Waals surface area contributed by atoms with Crippen molar-refractivity contribution in [2.45, 2.75) is 19.4 Å². The van der Waals surface area contributed by atoms with Gasteiger partial charge in [-0.2, -0.15) is 5.26 Å². The van der Waals surface area contributed by atoms with Crippen molar-refractivity contribution < 1.29 is 0 Å². The van der Waals surface area contributed by atoms with Crippen molar-refractivity contribution in [3.8, 4) is 6.07 Å². The molecule has 0 spiro atoms. The molecular formula is C10H13N3. The van der Waals surface area contributed by atoms with E-state index in [4.69, 9.17) is 5.26 Å². The third kappa shape index (κ3) is 4.24. The first-order chi connectivity index (χ1) is 6.43. The predicted molar refractivity (Wildman–Crippen MR) is 50.8 cm³/mol. The van der Waals surface area contributed by atoms with E-state index < -0.39 is 0 Å². The lowest BCUT2D eigenvalue weighted by Gasteiger charge is -2.01. The van der Waals surface area contributed by atoms with Gasteiger partial charge >= 0.3 is 0 Å². The zero-order valence-electron chi connectivity index (χ0n) is 7.53. The summed E-state index contributed by atoms with van der Waals surface area (Å²) in [4.78, 5) is 4.17. The highest BCUT2D eigenvalue weighted by atomic mass is 14.9. The zero-order valence-corrected chi connectivity index (χ0v) is 7.53. The Labute approximate surface area is 78.4 Å². The molecule has 1 heterocycles. The minimum absolute atomic E-state index is 0.620. The number of hydrogen-bond donors (Lipinski definition) is 1. The quantitative estimate of drug-likeness (QED) is 0.689. The SMILES string of the molecule is N#CCCCNCc1ccccn1. The maximum atomic E-state index is 8.29. The van der Waals surface area contributed by atoms with Gasteiger partial charge in [-0.25, -0.2) is 0 Å². The lowest BCUT2D eigenvalue weighted by atomic mass is 10.3. The largest absolute Gasteiger partial charge is 0.311 e. The van der Waals surface area contributed by atoms with Gasteiger partial charge in [0.05, 0.1) is 11.8 Å². The minimum atomic E-state index is 0.620. The van der Waals surface area contributed by atoms with E-state index >= 15 is 0 Å². The van der Waals surface area contributed by atoms with E-state index in [9.17, 15) is 0 Å². The van der Waals surface area contributed by atoms with Crippen molar-refractivity contribution in [3.05, 3.63) is 30.1 Å². The van der Waals surface area contributed by atoms with Gasteiger partial charge < -0.3 is 5.32 Å². The van der Waals surface area contributed by atoms with Crippen molar-refractivity contribution in [1.29, 1.82) is 5.26 Å². The Morgan fingerprint density at radius 3 is 3.08 bits per heavy atom. The molecule has 0 amide bonds. The van der Waals surface area contributed by atoms with Crippen molar-refractivity contribution in [2.75, 3.05) is 6.54 Å². The second-order valence-electron chi connectivity index (χ2n) is 2.76. The third-order valence-corrected chi connectivity index (χ3v) is 1.67. The topological polar surface area (TPSA) is 48.7 Å². The van der Waals surface area contributed by atoms with E-state index in [2.05, 4.69) is 16.4 Å². The first-order valence-corrected chi connectivity index (χ1v) is 4.41. The molecule has 0 atom stereocenters. The standard InChI is InChI=1S/C10H13N3/c11-6-2-4-7-12-9-10-5-1-3-8-13-10/h1,3,5,8,12H,2,4,7,9H2. The highest BCUT2D eigenvalue weighted by Gasteiger charge is 1.91. The Bertz CT molecular complexity index is 263. The highest BCUT2D eigenvalue weighted by Crippen LogP contribution is 1.92. The highest BCUT2D eigenvalue weighted by molar-refractivity contribution is 5.02. The number of pyridine rings is 1. The van der Waals surface area contributed by atoms with Crippen LogP contribution in [0.4, 0.5) is 0 Å². The van der Waals surface area contributed by atoms with Crippen molar-refractivity contribution in [3.63, 3.8) is 0 Å². The number of hydrogen-bond acceptors (Lipinski definition) is 3. The summed E-state index contributed by atoms with van der Waals surface area (Å²) in [6.07, 6.45) is 3.31. The number of aromatic nitrogens is 1. The van der Waals surface area contributed by atoms with Gasteiger partial charge in [0.25, 0.3) is 0 Å². The van der Waals surface area contributed by atoms with Gasteiger partial charge in [-0.15, -0.1) is 0 Å². The normalized spacial score (nSPS) is 9.46. The molecule has 0 aliphatic heterocycles. The molecule has 1 N–H and O–H groups in total. The smallest absolute Gasteiger partial charge is 0.0622 e. The molecular weight excluding hydrogens is 162 g/mol. The summed E-state index contributed by atoms with van der Waals surface area (Å²) < 4.78 is 0. The third-order valence-electron chi connectivity index (χ3n) is 1.67. The number of nitrogens with zero attached hydrogens (tertiary/aromatic N) is 2. The van der Waals surface area contributed by atoms with Crippen LogP contribution >= 0.6 is 0 Å². The molecule has 0 saturated heterocycles. The summed E-state index contributed by atoms with van der Waals surface area (Å²) >= 11 is 0. The lowest BCUT2D eigenvalue weighted by Crippen LogP contribution is -2.15. The monoisotopic (exact) mass is 175 g/mol. The Kier molecular flexibility index (Phi) is 4.58. The molecule has 1 aromatic heterocycles. The fourth-order valence-electron chi connectivity index (χ4n) is 1.01. The van der Waals surface area contributed by atoms with E-state index in [0.717, 1.165) is 25.2 Å². The first-order valence-electron chi connectivity index (χ1n) is 4.41. The molecule has 13 heavy (non-hydrogen) atoms. The van der Waals surface area contributed by atoms with Crippen LogP contribution in [-0.4, -0.2) is 11.5 Å². The second-order valence-corrected chi connectivity index (χ2v) is 2.76. The summed E-state index contributed by atoms with van der Waals surface area (Å²) in [7, 11) is 0. The van der Waals surface area contributed by atoms with E-state index in [1.165, 1.54) is 0 Å². The summed E-state index contributed by atoms with van der Waals surface area (Å²) in [5, 5.41) is 11.5. The summed E-state index contributed by atoms with van der Waals surface area (Å²) in [5.41, 5.74) is 1.04. The van der Waals surface area contributed by atoms with Crippen LogP contribution in [0.15, 0.2) is 24.4 Å². The van der Waals surface area contributed by atoms with E-state index in [1.54, 1.807) is 6.20 Å². The summed E-state index contributed by atoms with van der Waals surface area (Å²) in [6, 6.07) is 7.97. The van der Waals surface area contributed by atoms with Gasteiger partial charge in [-0.3, -0.25) is 4.98 Å². The van der Waals surface area contributed by atoms with Gasteiger partial charge in [0.15, 0.2) is 0 Å². The molecule has 0 fully saturated rings. The number of rotatable bonds is 5. The van der Waals surface area contributed by atoms with Crippen molar-refractivity contribution in [1.82, 2.24) is 10.3 Å². The van der Waals surface area contributed by atoms with Crippen LogP contribution < -0.4 is 5.32 Å². The van der Waals surface area contributed by atoms with E-state index in [-0.39, 0.29) is 0 Å². The molecule has 1 rings (SSSR count). The lowest BCUT2D eigenvalue weighted by molar-refractivity contribution is 0.648. The van der Waals surface area contributed by atoms with E-state index in [1.807, 2.05) is 18.2 Å². The van der Waals surface area contributed by atoms with Crippen molar-refractivity contribution in [2.24, 2.45) is 0 Å². The minimum Gasteiger partial charge on any atom is -0.311 e.